The third-order valence-corrected chi connectivity index (χ3v) is 3.63. The molecule has 21 heavy (non-hydrogen) atoms. The first-order chi connectivity index (χ1) is 9.88. The number of benzene rings is 1. The predicted molar refractivity (Wildman–Crippen MR) is 85.2 cm³/mol. The highest BCUT2D eigenvalue weighted by Gasteiger charge is 2.17. The van der Waals surface area contributed by atoms with Crippen LogP contribution in [0.1, 0.15) is 18.5 Å². The van der Waals surface area contributed by atoms with Crippen LogP contribution in [0.25, 0.3) is 0 Å². The lowest BCUT2D eigenvalue weighted by Gasteiger charge is -2.16. The van der Waals surface area contributed by atoms with Crippen LogP contribution in [0.15, 0.2) is 41.3 Å². The summed E-state index contributed by atoms with van der Waals surface area (Å²) in [5.41, 5.74) is 1.08. The number of aromatic nitrogens is 1. The van der Waals surface area contributed by atoms with Crippen molar-refractivity contribution in [3.63, 3.8) is 0 Å². The zero-order valence-corrected chi connectivity index (χ0v) is 13.1. The first kappa shape index (κ1) is 15.6. The molecule has 2 aromatic rings. The van der Waals surface area contributed by atoms with E-state index in [-0.39, 0.29) is 11.5 Å². The van der Waals surface area contributed by atoms with Crippen LogP contribution in [0, 0.1) is 6.92 Å². The molecule has 2 rings (SSSR count). The van der Waals surface area contributed by atoms with Gasteiger partial charge in [-0.1, -0.05) is 29.3 Å². The molecule has 0 saturated heterocycles. The zero-order chi connectivity index (χ0) is 15.6. The monoisotopic (exact) mass is 324 g/mol. The molecule has 110 valence electrons. The molecule has 6 heteroatoms. The minimum atomic E-state index is -0.660. The summed E-state index contributed by atoms with van der Waals surface area (Å²) in [6, 6.07) is 7.28. The first-order valence-corrected chi connectivity index (χ1v) is 7.09. The van der Waals surface area contributed by atoms with E-state index in [0.717, 1.165) is 5.56 Å². The molecule has 0 aliphatic carbocycles. The van der Waals surface area contributed by atoms with Crippen molar-refractivity contribution in [1.82, 2.24) is 4.57 Å². The maximum absolute atomic E-state index is 12.3. The number of hydrogen-bond acceptors (Lipinski definition) is 2. The average Bonchev–Trinajstić information content (AvgIpc) is 2.44. The summed E-state index contributed by atoms with van der Waals surface area (Å²) in [6.45, 7) is 3.50. The van der Waals surface area contributed by atoms with Crippen LogP contribution in [0.2, 0.25) is 10.0 Å². The van der Waals surface area contributed by atoms with Gasteiger partial charge in [0.25, 0.3) is 5.56 Å². The lowest BCUT2D eigenvalue weighted by molar-refractivity contribution is -0.118. The number of amides is 1. The third kappa shape index (κ3) is 3.65. The van der Waals surface area contributed by atoms with Crippen molar-refractivity contribution in [1.29, 1.82) is 0 Å². The van der Waals surface area contributed by atoms with Crippen molar-refractivity contribution in [3.05, 3.63) is 62.5 Å². The lowest BCUT2D eigenvalue weighted by Crippen LogP contribution is -2.31. The number of aryl methyl sites for hydroxylation is 1. The van der Waals surface area contributed by atoms with Gasteiger partial charge in [-0.05, 0) is 37.6 Å². The number of hydrogen-bond donors (Lipinski definition) is 1. The minimum Gasteiger partial charge on any atom is -0.323 e. The number of anilines is 1. The molecule has 4 nitrogen and oxygen atoms in total. The number of halogens is 2. The molecule has 0 bridgehead atoms. The summed E-state index contributed by atoms with van der Waals surface area (Å²) in [4.78, 5) is 24.1. The Labute approximate surface area is 132 Å². The van der Waals surface area contributed by atoms with Crippen LogP contribution in [-0.4, -0.2) is 10.5 Å². The number of carbonyl (C=O) groups is 1. The molecule has 1 unspecified atom stereocenters. The second-order valence-corrected chi connectivity index (χ2v) is 5.58. The SMILES string of the molecule is Cc1ccc(=O)n(C(C)C(=O)Nc2cc(Cl)ccc2Cl)c1. The molecular weight excluding hydrogens is 311 g/mol. The molecule has 0 saturated carbocycles. The topological polar surface area (TPSA) is 51.1 Å². The molecule has 1 heterocycles. The minimum absolute atomic E-state index is 0.236. The van der Waals surface area contributed by atoms with E-state index in [1.165, 1.54) is 10.6 Å². The second kappa shape index (κ2) is 6.33. The molecule has 1 atom stereocenters. The summed E-state index contributed by atoms with van der Waals surface area (Å²) in [6.07, 6.45) is 1.64. The van der Waals surface area contributed by atoms with E-state index in [1.807, 2.05) is 6.92 Å². The highest BCUT2D eigenvalue weighted by molar-refractivity contribution is 6.35. The predicted octanol–water partition coefficient (Wildman–Crippen LogP) is 3.66. The number of pyridine rings is 1. The van der Waals surface area contributed by atoms with Gasteiger partial charge in [0.2, 0.25) is 5.91 Å². The van der Waals surface area contributed by atoms with Crippen LogP contribution < -0.4 is 10.9 Å². The van der Waals surface area contributed by atoms with Gasteiger partial charge < -0.3 is 9.88 Å². The smallest absolute Gasteiger partial charge is 0.251 e. The lowest BCUT2D eigenvalue weighted by atomic mass is 10.2. The molecule has 0 aliphatic rings. The number of nitrogens with one attached hydrogen (secondary N) is 1. The molecule has 1 N–H and O–H groups in total. The van der Waals surface area contributed by atoms with Crippen molar-refractivity contribution in [3.8, 4) is 0 Å². The van der Waals surface area contributed by atoms with Gasteiger partial charge in [0.05, 0.1) is 10.7 Å². The summed E-state index contributed by atoms with van der Waals surface area (Å²) in [5.74, 6) is -0.341. The van der Waals surface area contributed by atoms with Gasteiger partial charge in [-0.25, -0.2) is 0 Å². The van der Waals surface area contributed by atoms with Gasteiger partial charge >= 0.3 is 0 Å². The molecule has 1 aromatic carbocycles. The van der Waals surface area contributed by atoms with Crippen LogP contribution in [0.5, 0.6) is 0 Å². The third-order valence-electron chi connectivity index (χ3n) is 3.07. The van der Waals surface area contributed by atoms with Gasteiger partial charge in [0.15, 0.2) is 0 Å². The fourth-order valence-corrected chi connectivity index (χ4v) is 2.21. The molecule has 0 radical (unpaired) electrons. The second-order valence-electron chi connectivity index (χ2n) is 4.74. The van der Waals surface area contributed by atoms with Crippen LogP contribution in [0.3, 0.4) is 0 Å². The quantitative estimate of drug-likeness (QED) is 0.936. The van der Waals surface area contributed by atoms with Gasteiger partial charge in [-0.2, -0.15) is 0 Å². The van der Waals surface area contributed by atoms with E-state index >= 15 is 0 Å². The maximum Gasteiger partial charge on any atom is 0.251 e. The van der Waals surface area contributed by atoms with Gasteiger partial charge in [-0.15, -0.1) is 0 Å². The normalized spacial score (nSPS) is 12.0. The molecule has 1 aromatic heterocycles. The van der Waals surface area contributed by atoms with Gasteiger partial charge in [0.1, 0.15) is 6.04 Å². The van der Waals surface area contributed by atoms with E-state index in [1.54, 1.807) is 37.4 Å². The highest BCUT2D eigenvalue weighted by atomic mass is 35.5. The number of rotatable bonds is 3. The Morgan fingerprint density at radius 2 is 1.95 bits per heavy atom. The fraction of sp³-hybridized carbons (Fsp3) is 0.200. The Balaban J connectivity index is 2.25. The van der Waals surface area contributed by atoms with Crippen molar-refractivity contribution in [2.75, 3.05) is 5.32 Å². The summed E-state index contributed by atoms with van der Waals surface area (Å²) < 4.78 is 1.38. The van der Waals surface area contributed by atoms with Crippen molar-refractivity contribution in [2.24, 2.45) is 0 Å². The number of nitrogens with zero attached hydrogens (tertiary/aromatic N) is 1. The zero-order valence-electron chi connectivity index (χ0n) is 11.6. The largest absolute Gasteiger partial charge is 0.323 e. The Morgan fingerprint density at radius 3 is 2.67 bits per heavy atom. The Morgan fingerprint density at radius 1 is 1.24 bits per heavy atom. The van der Waals surface area contributed by atoms with Crippen molar-refractivity contribution in [2.45, 2.75) is 19.9 Å². The summed E-state index contributed by atoms with van der Waals surface area (Å²) in [5, 5.41) is 3.53. The summed E-state index contributed by atoms with van der Waals surface area (Å²) >= 11 is 11.9. The molecule has 0 fully saturated rings. The Hall–Kier alpha value is -1.78. The van der Waals surface area contributed by atoms with Crippen molar-refractivity contribution < 1.29 is 4.79 Å². The van der Waals surface area contributed by atoms with Gasteiger partial charge in [0, 0.05) is 17.3 Å². The van der Waals surface area contributed by atoms with Crippen LogP contribution >= 0.6 is 23.2 Å². The molecule has 0 spiro atoms. The fourth-order valence-electron chi connectivity index (χ4n) is 1.87. The molecular formula is C15H14Cl2N2O2. The standard InChI is InChI=1S/C15H14Cl2N2O2/c1-9-3-6-14(20)19(8-9)10(2)15(21)18-13-7-11(16)4-5-12(13)17/h3-8,10H,1-2H3,(H,18,21). The van der Waals surface area contributed by atoms with Crippen LogP contribution in [-0.2, 0) is 4.79 Å². The Kier molecular flexibility index (Phi) is 4.70. The Bertz CT molecular complexity index is 741. The van der Waals surface area contributed by atoms with Crippen LogP contribution in [0.4, 0.5) is 5.69 Å². The van der Waals surface area contributed by atoms with E-state index < -0.39 is 6.04 Å². The van der Waals surface area contributed by atoms with E-state index in [4.69, 9.17) is 23.2 Å². The average molecular weight is 325 g/mol. The summed E-state index contributed by atoms with van der Waals surface area (Å²) in [7, 11) is 0. The first-order valence-electron chi connectivity index (χ1n) is 6.33. The molecule has 0 aliphatic heterocycles. The van der Waals surface area contributed by atoms with Gasteiger partial charge in [-0.3, -0.25) is 9.59 Å². The number of carbonyl (C=O) groups excluding carboxylic acids is 1. The molecule has 1 amide bonds. The highest BCUT2D eigenvalue weighted by Crippen LogP contribution is 2.26. The van der Waals surface area contributed by atoms with E-state index in [9.17, 15) is 9.59 Å². The maximum atomic E-state index is 12.3. The van der Waals surface area contributed by atoms with E-state index in [2.05, 4.69) is 5.32 Å². The van der Waals surface area contributed by atoms with E-state index in [0.29, 0.717) is 15.7 Å². The van der Waals surface area contributed by atoms with Crippen molar-refractivity contribution >= 4 is 34.8 Å².